The van der Waals surface area contributed by atoms with Gasteiger partial charge in [-0.15, -0.1) is 0 Å². The number of benzene rings is 1. The Morgan fingerprint density at radius 3 is 2.80 bits per heavy atom. The highest BCUT2D eigenvalue weighted by molar-refractivity contribution is 5.88. The van der Waals surface area contributed by atoms with Crippen molar-refractivity contribution in [2.24, 2.45) is 0 Å². The van der Waals surface area contributed by atoms with Crippen molar-refractivity contribution < 1.29 is 13.9 Å². The molecule has 0 N–H and O–H groups in total. The van der Waals surface area contributed by atoms with Gasteiger partial charge in [-0.25, -0.2) is 9.78 Å². The number of aromatic nitrogens is 1. The minimum absolute atomic E-state index is 0.271. The predicted octanol–water partition coefficient (Wildman–Crippen LogP) is 3.70. The Bertz CT molecular complexity index is 641. The number of oxazole rings is 1. The maximum atomic E-state index is 12.0. The highest BCUT2D eigenvalue weighted by Gasteiger charge is 2.34. The Morgan fingerprint density at radius 2 is 2.15 bits per heavy atom. The molecule has 1 aliphatic carbocycles. The van der Waals surface area contributed by atoms with Crippen LogP contribution in [0.2, 0.25) is 0 Å². The third kappa shape index (κ3) is 2.33. The van der Waals surface area contributed by atoms with Crippen LogP contribution in [-0.4, -0.2) is 17.6 Å². The molecule has 1 aliphatic rings. The van der Waals surface area contributed by atoms with Gasteiger partial charge in [-0.2, -0.15) is 0 Å². The molecule has 1 heterocycles. The molecule has 0 aliphatic heterocycles. The monoisotopic (exact) mass is 271 g/mol. The highest BCUT2D eigenvalue weighted by Crippen LogP contribution is 2.42. The Hall–Kier alpha value is -2.10. The van der Waals surface area contributed by atoms with Crippen molar-refractivity contribution in [1.29, 1.82) is 0 Å². The molecule has 0 spiro atoms. The van der Waals surface area contributed by atoms with Crippen LogP contribution in [0.3, 0.4) is 0 Å². The van der Waals surface area contributed by atoms with E-state index in [1.54, 1.807) is 6.92 Å². The number of carbonyl (C=O) groups is 1. The number of aryl methyl sites for hydroxylation is 1. The van der Waals surface area contributed by atoms with Gasteiger partial charge in [-0.1, -0.05) is 18.2 Å². The second-order valence-corrected chi connectivity index (χ2v) is 5.04. The van der Waals surface area contributed by atoms with Crippen LogP contribution in [0, 0.1) is 6.92 Å². The number of nitrogens with zero attached hydrogens (tertiary/aromatic N) is 1. The molecule has 1 fully saturated rings. The van der Waals surface area contributed by atoms with Gasteiger partial charge in [0.05, 0.1) is 12.3 Å². The van der Waals surface area contributed by atoms with Crippen molar-refractivity contribution >= 4 is 5.97 Å². The highest BCUT2D eigenvalue weighted by atomic mass is 16.5. The largest absolute Gasteiger partial charge is 0.460 e. The lowest BCUT2D eigenvalue weighted by Crippen LogP contribution is -2.05. The van der Waals surface area contributed by atoms with E-state index in [2.05, 4.69) is 4.98 Å². The molecule has 0 bridgehead atoms. The third-order valence-electron chi connectivity index (χ3n) is 3.45. The topological polar surface area (TPSA) is 52.3 Å². The maximum absolute atomic E-state index is 12.0. The second-order valence-electron chi connectivity index (χ2n) is 5.04. The summed E-state index contributed by atoms with van der Waals surface area (Å²) in [6.45, 7) is 4.12. The number of carbonyl (C=O) groups excluding carboxylic acids is 1. The van der Waals surface area contributed by atoms with E-state index in [4.69, 9.17) is 9.15 Å². The van der Waals surface area contributed by atoms with Crippen molar-refractivity contribution in [2.45, 2.75) is 32.6 Å². The fourth-order valence-corrected chi connectivity index (χ4v) is 2.24. The molecule has 4 heteroatoms. The molecule has 0 atom stereocenters. The average Bonchev–Trinajstić information content (AvgIpc) is 3.19. The average molecular weight is 271 g/mol. The Morgan fingerprint density at radius 1 is 1.40 bits per heavy atom. The van der Waals surface area contributed by atoms with Crippen molar-refractivity contribution in [3.8, 4) is 11.5 Å². The van der Waals surface area contributed by atoms with E-state index in [1.807, 2.05) is 31.2 Å². The minimum atomic E-state index is -0.415. The summed E-state index contributed by atoms with van der Waals surface area (Å²) in [4.78, 5) is 16.5. The van der Waals surface area contributed by atoms with E-state index in [0.717, 1.165) is 29.7 Å². The molecule has 1 saturated carbocycles. The summed E-state index contributed by atoms with van der Waals surface area (Å²) in [5, 5.41) is 0. The van der Waals surface area contributed by atoms with Crippen LogP contribution in [0.25, 0.3) is 11.5 Å². The first-order valence-corrected chi connectivity index (χ1v) is 6.94. The van der Waals surface area contributed by atoms with Gasteiger partial charge in [0.1, 0.15) is 0 Å². The van der Waals surface area contributed by atoms with Gasteiger partial charge in [0, 0.05) is 11.5 Å². The minimum Gasteiger partial charge on any atom is -0.460 e. The molecule has 104 valence electrons. The van der Waals surface area contributed by atoms with Crippen molar-refractivity contribution in [3.05, 3.63) is 41.3 Å². The summed E-state index contributed by atoms with van der Waals surface area (Å²) < 4.78 is 10.8. The van der Waals surface area contributed by atoms with Gasteiger partial charge < -0.3 is 9.15 Å². The molecule has 4 nitrogen and oxygen atoms in total. The van der Waals surface area contributed by atoms with Crippen molar-refractivity contribution in [2.75, 3.05) is 6.61 Å². The quantitative estimate of drug-likeness (QED) is 0.795. The number of hydrogen-bond acceptors (Lipinski definition) is 4. The lowest BCUT2D eigenvalue weighted by molar-refractivity contribution is 0.0489. The Kier molecular flexibility index (Phi) is 3.30. The first-order chi connectivity index (χ1) is 9.70. The summed E-state index contributed by atoms with van der Waals surface area (Å²) >= 11 is 0. The number of ether oxygens (including phenoxy) is 1. The summed E-state index contributed by atoms with van der Waals surface area (Å²) in [7, 11) is 0. The zero-order chi connectivity index (χ0) is 14.1. The number of esters is 1. The normalized spacial score (nSPS) is 14.3. The summed E-state index contributed by atoms with van der Waals surface area (Å²) in [6, 6.07) is 7.86. The van der Waals surface area contributed by atoms with Gasteiger partial charge in [0.15, 0.2) is 0 Å². The molecule has 0 radical (unpaired) electrons. The van der Waals surface area contributed by atoms with Gasteiger partial charge in [-0.05, 0) is 38.3 Å². The zero-order valence-corrected chi connectivity index (χ0v) is 11.7. The smallest absolute Gasteiger partial charge is 0.376 e. The van der Waals surface area contributed by atoms with E-state index >= 15 is 0 Å². The van der Waals surface area contributed by atoms with Gasteiger partial charge in [0.25, 0.3) is 0 Å². The molecule has 1 aromatic heterocycles. The Balaban J connectivity index is 2.03. The van der Waals surface area contributed by atoms with E-state index in [0.29, 0.717) is 18.4 Å². The Labute approximate surface area is 117 Å². The molecular formula is C16H17NO3. The second kappa shape index (κ2) is 5.12. The first-order valence-electron chi connectivity index (χ1n) is 6.94. The predicted molar refractivity (Wildman–Crippen MR) is 74.6 cm³/mol. The molecular weight excluding hydrogens is 254 g/mol. The molecule has 1 aromatic carbocycles. The van der Waals surface area contributed by atoms with Crippen LogP contribution in [0.1, 0.15) is 47.5 Å². The maximum Gasteiger partial charge on any atom is 0.376 e. The van der Waals surface area contributed by atoms with Crippen molar-refractivity contribution in [1.82, 2.24) is 4.98 Å². The lowest BCUT2D eigenvalue weighted by Gasteiger charge is -2.00. The molecule has 0 amide bonds. The van der Waals surface area contributed by atoms with Crippen molar-refractivity contribution in [3.63, 3.8) is 0 Å². The van der Waals surface area contributed by atoms with Crippen LogP contribution >= 0.6 is 0 Å². The van der Waals surface area contributed by atoms with Gasteiger partial charge in [0.2, 0.25) is 11.7 Å². The van der Waals surface area contributed by atoms with E-state index in [9.17, 15) is 4.79 Å². The molecule has 20 heavy (non-hydrogen) atoms. The van der Waals surface area contributed by atoms with E-state index in [-0.39, 0.29) is 5.76 Å². The molecule has 2 aromatic rings. The van der Waals surface area contributed by atoms with Crippen LogP contribution in [0.4, 0.5) is 0 Å². The number of hydrogen-bond donors (Lipinski definition) is 0. The van der Waals surface area contributed by atoms with Crippen LogP contribution < -0.4 is 0 Å². The van der Waals surface area contributed by atoms with E-state index < -0.39 is 5.97 Å². The summed E-state index contributed by atoms with van der Waals surface area (Å²) in [5.74, 6) is 0.707. The summed E-state index contributed by atoms with van der Waals surface area (Å²) in [5.41, 5.74) is 2.75. The van der Waals surface area contributed by atoms with Crippen LogP contribution in [0.5, 0.6) is 0 Å². The standard InChI is InChI=1S/C16H17NO3/c1-3-19-16(18)14-13(11-8-9-11)17-15(20-14)12-7-5-4-6-10(12)2/h4-7,11H,3,8-9H2,1-2H3. The van der Waals surface area contributed by atoms with Crippen LogP contribution in [-0.2, 0) is 4.74 Å². The van der Waals surface area contributed by atoms with Gasteiger partial charge >= 0.3 is 5.97 Å². The SMILES string of the molecule is CCOC(=O)c1oc(-c2ccccc2C)nc1C1CC1. The van der Waals surface area contributed by atoms with Gasteiger partial charge in [-0.3, -0.25) is 0 Å². The fraction of sp³-hybridized carbons (Fsp3) is 0.375. The van der Waals surface area contributed by atoms with Crippen LogP contribution in [0.15, 0.2) is 28.7 Å². The first kappa shape index (κ1) is 12.9. The molecule has 0 unspecified atom stereocenters. The molecule has 0 saturated heterocycles. The molecule has 3 rings (SSSR count). The van der Waals surface area contributed by atoms with E-state index in [1.165, 1.54) is 0 Å². The fourth-order valence-electron chi connectivity index (χ4n) is 2.24. The summed E-state index contributed by atoms with van der Waals surface area (Å²) in [6.07, 6.45) is 2.12. The third-order valence-corrected chi connectivity index (χ3v) is 3.45. The zero-order valence-electron chi connectivity index (χ0n) is 11.7. The lowest BCUT2D eigenvalue weighted by atomic mass is 10.1. The number of rotatable bonds is 4.